The summed E-state index contributed by atoms with van der Waals surface area (Å²) in [6, 6.07) is 0. The first-order valence-corrected chi connectivity index (χ1v) is 7.73. The summed E-state index contributed by atoms with van der Waals surface area (Å²) in [5.74, 6) is 2.39. The highest BCUT2D eigenvalue weighted by Crippen LogP contribution is 2.26. The Balaban J connectivity index is 1.89. The predicted octanol–water partition coefficient (Wildman–Crippen LogP) is 3.30. The van der Waals surface area contributed by atoms with Gasteiger partial charge in [0.2, 0.25) is 5.95 Å². The number of anilines is 1. The lowest BCUT2D eigenvalue weighted by Crippen LogP contribution is -2.16. The van der Waals surface area contributed by atoms with Crippen LogP contribution >= 0.6 is 11.8 Å². The van der Waals surface area contributed by atoms with E-state index in [1.165, 1.54) is 31.4 Å². The van der Waals surface area contributed by atoms with Crippen LogP contribution in [0.2, 0.25) is 0 Å². The molecule has 1 aromatic heterocycles. The average molecular weight is 253 g/mol. The topological polar surface area (TPSA) is 29.9 Å². The van der Waals surface area contributed by atoms with Crippen molar-refractivity contribution >= 4 is 17.7 Å². The van der Waals surface area contributed by atoms with Crippen LogP contribution in [-0.2, 0) is 6.54 Å². The summed E-state index contributed by atoms with van der Waals surface area (Å²) in [5.41, 5.74) is 1.11. The van der Waals surface area contributed by atoms with Crippen LogP contribution in [0.5, 0.6) is 0 Å². The fourth-order valence-electron chi connectivity index (χ4n) is 2.20. The van der Waals surface area contributed by atoms with Gasteiger partial charge in [0, 0.05) is 24.5 Å². The lowest BCUT2D eigenvalue weighted by atomic mass is 10.2. The highest BCUT2D eigenvalue weighted by molar-refractivity contribution is 8.00. The summed E-state index contributed by atoms with van der Waals surface area (Å²) < 4.78 is 2.26. The molecule has 0 radical (unpaired) electrons. The van der Waals surface area contributed by atoms with E-state index in [0.29, 0.717) is 0 Å². The number of rotatable bonds is 6. The molecule has 1 N–H and O–H groups in total. The van der Waals surface area contributed by atoms with Crippen molar-refractivity contribution in [2.24, 2.45) is 0 Å². The van der Waals surface area contributed by atoms with Crippen molar-refractivity contribution in [2.45, 2.75) is 51.3 Å². The highest BCUT2D eigenvalue weighted by atomic mass is 32.2. The van der Waals surface area contributed by atoms with Crippen molar-refractivity contribution in [3.05, 3.63) is 11.9 Å². The number of aryl methyl sites for hydroxylation is 2. The third-order valence-corrected chi connectivity index (χ3v) is 4.56. The normalized spacial score (nSPS) is 19.8. The molecule has 0 bridgehead atoms. The van der Waals surface area contributed by atoms with Crippen LogP contribution < -0.4 is 5.32 Å². The Bertz CT molecular complexity index is 342. The van der Waals surface area contributed by atoms with Crippen LogP contribution in [0.1, 0.15) is 38.3 Å². The smallest absolute Gasteiger partial charge is 0.203 e. The first kappa shape index (κ1) is 12.8. The van der Waals surface area contributed by atoms with E-state index in [-0.39, 0.29) is 0 Å². The predicted molar refractivity (Wildman–Crippen MR) is 75.8 cm³/mol. The van der Waals surface area contributed by atoms with Crippen molar-refractivity contribution in [1.82, 2.24) is 9.55 Å². The highest BCUT2D eigenvalue weighted by Gasteiger charge is 2.16. The van der Waals surface area contributed by atoms with Crippen LogP contribution in [0.4, 0.5) is 5.95 Å². The van der Waals surface area contributed by atoms with Gasteiger partial charge in [-0.25, -0.2) is 4.98 Å². The Morgan fingerprint density at radius 2 is 2.47 bits per heavy atom. The van der Waals surface area contributed by atoms with Gasteiger partial charge in [0.25, 0.3) is 0 Å². The maximum atomic E-state index is 4.57. The molecule has 3 nitrogen and oxygen atoms in total. The summed E-state index contributed by atoms with van der Waals surface area (Å²) >= 11 is 2.09. The molecule has 1 unspecified atom stereocenters. The minimum absolute atomic E-state index is 0.784. The summed E-state index contributed by atoms with van der Waals surface area (Å²) in [6.07, 6.45) is 7.34. The zero-order valence-corrected chi connectivity index (χ0v) is 11.7. The molecule has 1 aliphatic heterocycles. The van der Waals surface area contributed by atoms with Gasteiger partial charge < -0.3 is 9.88 Å². The first-order chi connectivity index (χ1) is 8.29. The Labute approximate surface area is 108 Å². The maximum absolute atomic E-state index is 4.57. The molecule has 1 aromatic rings. The van der Waals surface area contributed by atoms with Crippen LogP contribution in [-0.4, -0.2) is 27.1 Å². The van der Waals surface area contributed by atoms with Gasteiger partial charge in [-0.05, 0) is 31.9 Å². The molecule has 1 aliphatic rings. The van der Waals surface area contributed by atoms with Crippen LogP contribution in [0, 0.1) is 6.92 Å². The third kappa shape index (κ3) is 3.66. The first-order valence-electron chi connectivity index (χ1n) is 6.69. The summed E-state index contributed by atoms with van der Waals surface area (Å²) in [5, 5.41) is 4.30. The zero-order chi connectivity index (χ0) is 12.1. The van der Waals surface area contributed by atoms with Gasteiger partial charge in [-0.15, -0.1) is 0 Å². The van der Waals surface area contributed by atoms with E-state index in [4.69, 9.17) is 0 Å². The molecule has 1 atom stereocenters. The molecule has 0 saturated carbocycles. The van der Waals surface area contributed by atoms with E-state index in [9.17, 15) is 0 Å². The molecular formula is C13H23N3S. The van der Waals surface area contributed by atoms with Gasteiger partial charge >= 0.3 is 0 Å². The van der Waals surface area contributed by atoms with Crippen molar-refractivity contribution in [3.8, 4) is 0 Å². The largest absolute Gasteiger partial charge is 0.355 e. The third-order valence-electron chi connectivity index (χ3n) is 3.16. The second kappa shape index (κ2) is 6.34. The van der Waals surface area contributed by atoms with Gasteiger partial charge in [-0.3, -0.25) is 0 Å². The van der Waals surface area contributed by atoms with Crippen molar-refractivity contribution < 1.29 is 0 Å². The number of imidazole rings is 1. The Kier molecular flexibility index (Phi) is 4.77. The molecule has 2 heterocycles. The van der Waals surface area contributed by atoms with E-state index < -0.39 is 0 Å². The van der Waals surface area contributed by atoms with E-state index >= 15 is 0 Å². The zero-order valence-electron chi connectivity index (χ0n) is 10.9. The fraction of sp³-hybridized carbons (Fsp3) is 0.769. The van der Waals surface area contributed by atoms with Crippen LogP contribution in [0.15, 0.2) is 6.20 Å². The van der Waals surface area contributed by atoms with Gasteiger partial charge in [0.1, 0.15) is 0 Å². The lowest BCUT2D eigenvalue weighted by molar-refractivity contribution is 0.633. The molecule has 17 heavy (non-hydrogen) atoms. The molecule has 0 spiro atoms. The Morgan fingerprint density at radius 1 is 1.59 bits per heavy atom. The van der Waals surface area contributed by atoms with E-state index in [1.807, 2.05) is 0 Å². The second-order valence-corrected chi connectivity index (χ2v) is 6.18. The van der Waals surface area contributed by atoms with Crippen LogP contribution in [0.3, 0.4) is 0 Å². The number of nitrogens with one attached hydrogen (secondary N) is 1. The summed E-state index contributed by atoms with van der Waals surface area (Å²) in [4.78, 5) is 4.57. The molecule has 0 amide bonds. The molecule has 0 aliphatic carbocycles. The van der Waals surface area contributed by atoms with Gasteiger partial charge in [0.05, 0.1) is 5.69 Å². The SMILES string of the molecule is CCCCn1cc(C)nc1NCC1CCCS1. The molecule has 4 heteroatoms. The number of nitrogens with zero attached hydrogens (tertiary/aromatic N) is 2. The minimum atomic E-state index is 0.784. The molecule has 1 fully saturated rings. The molecule has 2 rings (SSSR count). The summed E-state index contributed by atoms with van der Waals surface area (Å²) in [6.45, 7) is 6.44. The molecule has 96 valence electrons. The van der Waals surface area contributed by atoms with Gasteiger partial charge in [0.15, 0.2) is 0 Å². The number of aromatic nitrogens is 2. The quantitative estimate of drug-likeness (QED) is 0.843. The monoisotopic (exact) mass is 253 g/mol. The average Bonchev–Trinajstić information content (AvgIpc) is 2.93. The Morgan fingerprint density at radius 3 is 3.18 bits per heavy atom. The maximum Gasteiger partial charge on any atom is 0.203 e. The van der Waals surface area contributed by atoms with Gasteiger partial charge in [-0.1, -0.05) is 13.3 Å². The number of unbranched alkanes of at least 4 members (excludes halogenated alkanes) is 1. The van der Waals surface area contributed by atoms with E-state index in [2.05, 4.69) is 46.7 Å². The molecule has 1 saturated heterocycles. The Hall–Kier alpha value is -0.640. The fourth-order valence-corrected chi connectivity index (χ4v) is 3.40. The molecular weight excluding hydrogens is 230 g/mol. The van der Waals surface area contributed by atoms with Crippen molar-refractivity contribution in [3.63, 3.8) is 0 Å². The second-order valence-electron chi connectivity index (χ2n) is 4.77. The molecule has 0 aromatic carbocycles. The summed E-state index contributed by atoms with van der Waals surface area (Å²) in [7, 11) is 0. The standard InChI is InChI=1S/C13H23N3S/c1-3-4-7-16-10-11(2)15-13(16)14-9-12-6-5-8-17-12/h10,12H,3-9H2,1-2H3,(H,14,15). The number of thioether (sulfide) groups is 1. The minimum Gasteiger partial charge on any atom is -0.355 e. The van der Waals surface area contributed by atoms with E-state index in [1.54, 1.807) is 0 Å². The van der Waals surface area contributed by atoms with E-state index in [0.717, 1.165) is 30.0 Å². The number of hydrogen-bond acceptors (Lipinski definition) is 3. The number of hydrogen-bond donors (Lipinski definition) is 1. The van der Waals surface area contributed by atoms with Crippen molar-refractivity contribution in [1.29, 1.82) is 0 Å². The van der Waals surface area contributed by atoms with Gasteiger partial charge in [-0.2, -0.15) is 11.8 Å². The van der Waals surface area contributed by atoms with Crippen molar-refractivity contribution in [2.75, 3.05) is 17.6 Å². The van der Waals surface area contributed by atoms with Crippen LogP contribution in [0.25, 0.3) is 0 Å². The lowest BCUT2D eigenvalue weighted by Gasteiger charge is -2.12.